The van der Waals surface area contributed by atoms with E-state index in [0.29, 0.717) is 28.0 Å². The largest absolute Gasteiger partial charge is 0.507 e. The molecule has 0 amide bonds. The number of rotatable bonds is 3. The van der Waals surface area contributed by atoms with E-state index in [2.05, 4.69) is 0 Å². The lowest BCUT2D eigenvalue weighted by molar-refractivity contribution is 0.0697. The van der Waals surface area contributed by atoms with Gasteiger partial charge in [0.15, 0.2) is 11.5 Å². The van der Waals surface area contributed by atoms with E-state index in [-0.39, 0.29) is 11.3 Å². The van der Waals surface area contributed by atoms with E-state index in [1.54, 1.807) is 12.1 Å². The lowest BCUT2D eigenvalue weighted by atomic mass is 9.99. The number of carbonyl (C=O) groups is 1. The summed E-state index contributed by atoms with van der Waals surface area (Å²) in [4.78, 5) is 11.0. The number of benzene rings is 2. The number of carboxylic acids is 1. The molecule has 1 heterocycles. The minimum absolute atomic E-state index is 0.141. The van der Waals surface area contributed by atoms with Crippen LogP contribution in [-0.2, 0) is 0 Å². The lowest BCUT2D eigenvalue weighted by Gasteiger charge is -2.09. The van der Waals surface area contributed by atoms with Crippen molar-refractivity contribution >= 4 is 16.9 Å². The number of ether oxygens (including phenoxy) is 1. The first-order valence-electron chi connectivity index (χ1n) is 7.49. The molecule has 2 aromatic carbocycles. The third-order valence-electron chi connectivity index (χ3n) is 4.52. The Labute approximate surface area is 139 Å². The van der Waals surface area contributed by atoms with Gasteiger partial charge >= 0.3 is 5.97 Å². The van der Waals surface area contributed by atoms with Crippen LogP contribution in [0.5, 0.6) is 11.5 Å². The van der Waals surface area contributed by atoms with Gasteiger partial charge in [-0.05, 0) is 49.6 Å². The number of aromatic hydroxyl groups is 1. The first kappa shape index (κ1) is 15.9. The molecule has 124 valence electrons. The number of phenols is 1. The number of aryl methyl sites for hydroxylation is 1. The summed E-state index contributed by atoms with van der Waals surface area (Å²) >= 11 is 0. The molecule has 0 aliphatic rings. The summed E-state index contributed by atoms with van der Waals surface area (Å²) in [5.41, 5.74) is 4.13. The van der Waals surface area contributed by atoms with Crippen LogP contribution in [-0.4, -0.2) is 23.3 Å². The summed E-state index contributed by atoms with van der Waals surface area (Å²) < 4.78 is 11.5. The van der Waals surface area contributed by atoms with Gasteiger partial charge in [-0.1, -0.05) is 12.1 Å². The molecule has 5 heteroatoms. The predicted molar refractivity (Wildman–Crippen MR) is 91.0 cm³/mol. The molecular formula is C19H18O5. The number of hydrogen-bond acceptors (Lipinski definition) is 4. The van der Waals surface area contributed by atoms with Gasteiger partial charge in [0.2, 0.25) is 0 Å². The molecule has 0 bridgehead atoms. The van der Waals surface area contributed by atoms with Crippen molar-refractivity contribution in [2.75, 3.05) is 7.11 Å². The van der Waals surface area contributed by atoms with Gasteiger partial charge < -0.3 is 19.4 Å². The fourth-order valence-corrected chi connectivity index (χ4v) is 2.86. The first-order chi connectivity index (χ1) is 11.4. The Bertz CT molecular complexity index is 949. The number of phenolic OH excluding ortho intramolecular Hbond substituents is 1. The molecule has 0 radical (unpaired) electrons. The predicted octanol–water partition coefficient (Wildman–Crippen LogP) is 4.44. The van der Waals surface area contributed by atoms with E-state index >= 15 is 0 Å². The highest BCUT2D eigenvalue weighted by molar-refractivity contribution is 5.99. The molecule has 0 unspecified atom stereocenters. The molecule has 1 aromatic heterocycles. The van der Waals surface area contributed by atoms with Crippen LogP contribution in [0.3, 0.4) is 0 Å². The highest BCUT2D eigenvalue weighted by Crippen LogP contribution is 2.47. The van der Waals surface area contributed by atoms with E-state index in [1.807, 2.05) is 20.8 Å². The third-order valence-corrected chi connectivity index (χ3v) is 4.52. The Morgan fingerprint density at radius 3 is 2.21 bits per heavy atom. The van der Waals surface area contributed by atoms with Crippen molar-refractivity contribution in [1.29, 1.82) is 0 Å². The minimum atomic E-state index is -0.988. The van der Waals surface area contributed by atoms with Crippen LogP contribution in [0, 0.1) is 20.8 Å². The van der Waals surface area contributed by atoms with Gasteiger partial charge in [0.25, 0.3) is 0 Å². The summed E-state index contributed by atoms with van der Waals surface area (Å²) in [6.07, 6.45) is 0. The molecule has 0 spiro atoms. The Morgan fingerprint density at radius 2 is 1.67 bits per heavy atom. The molecule has 0 aliphatic heterocycles. The highest BCUT2D eigenvalue weighted by Gasteiger charge is 2.24. The second-order valence-electron chi connectivity index (χ2n) is 5.77. The maximum absolute atomic E-state index is 11.0. The van der Waals surface area contributed by atoms with Gasteiger partial charge in [-0.25, -0.2) is 4.79 Å². The average Bonchev–Trinajstić information content (AvgIpc) is 2.97. The topological polar surface area (TPSA) is 79.9 Å². The monoisotopic (exact) mass is 326 g/mol. The number of carboxylic acid groups (broad SMARTS) is 1. The molecule has 0 fully saturated rings. The van der Waals surface area contributed by atoms with Gasteiger partial charge in [-0.15, -0.1) is 0 Å². The zero-order valence-corrected chi connectivity index (χ0v) is 13.9. The van der Waals surface area contributed by atoms with Crippen LogP contribution in [0.1, 0.15) is 27.0 Å². The van der Waals surface area contributed by atoms with Crippen molar-refractivity contribution in [3.8, 4) is 22.8 Å². The fraction of sp³-hybridized carbons (Fsp3) is 0.211. The SMILES string of the molecule is COc1c(-c2ccc(C(=O)O)cc2)oc2c(C)c(C)c(C)c(O)c12. The maximum atomic E-state index is 11.0. The van der Waals surface area contributed by atoms with E-state index in [0.717, 1.165) is 16.7 Å². The second kappa shape index (κ2) is 5.60. The smallest absolute Gasteiger partial charge is 0.335 e. The zero-order chi connectivity index (χ0) is 17.6. The average molecular weight is 326 g/mol. The molecule has 5 nitrogen and oxygen atoms in total. The van der Waals surface area contributed by atoms with Gasteiger partial charge in [0.05, 0.1) is 12.7 Å². The van der Waals surface area contributed by atoms with Crippen molar-refractivity contribution in [2.24, 2.45) is 0 Å². The Hall–Kier alpha value is -2.95. The standard InChI is InChI=1S/C19H18O5/c1-9-10(2)15(20)14-16(11(9)3)24-17(18(14)23-4)12-5-7-13(8-6-12)19(21)22/h5-8,20H,1-4H3,(H,21,22). The van der Waals surface area contributed by atoms with E-state index < -0.39 is 5.97 Å². The number of furan rings is 1. The van der Waals surface area contributed by atoms with Crippen LogP contribution >= 0.6 is 0 Å². The van der Waals surface area contributed by atoms with E-state index in [4.69, 9.17) is 14.3 Å². The van der Waals surface area contributed by atoms with Crippen LogP contribution in [0.25, 0.3) is 22.3 Å². The summed E-state index contributed by atoms with van der Waals surface area (Å²) in [7, 11) is 1.52. The van der Waals surface area contributed by atoms with E-state index in [9.17, 15) is 9.90 Å². The zero-order valence-electron chi connectivity index (χ0n) is 13.9. The minimum Gasteiger partial charge on any atom is -0.507 e. The van der Waals surface area contributed by atoms with Gasteiger partial charge in [-0.2, -0.15) is 0 Å². The van der Waals surface area contributed by atoms with Crippen molar-refractivity contribution in [2.45, 2.75) is 20.8 Å². The van der Waals surface area contributed by atoms with Gasteiger partial charge in [-0.3, -0.25) is 0 Å². The van der Waals surface area contributed by atoms with Gasteiger partial charge in [0.1, 0.15) is 16.7 Å². The molecule has 3 rings (SSSR count). The Balaban J connectivity index is 2.31. The van der Waals surface area contributed by atoms with Crippen LogP contribution in [0.2, 0.25) is 0 Å². The van der Waals surface area contributed by atoms with Crippen molar-refractivity contribution in [3.05, 3.63) is 46.5 Å². The summed E-state index contributed by atoms with van der Waals surface area (Å²) in [5, 5.41) is 20.1. The summed E-state index contributed by atoms with van der Waals surface area (Å²) in [6.45, 7) is 5.72. The van der Waals surface area contributed by atoms with Crippen LogP contribution < -0.4 is 4.74 Å². The third kappa shape index (κ3) is 2.21. The molecule has 0 saturated carbocycles. The molecular weight excluding hydrogens is 308 g/mol. The number of aromatic carboxylic acids is 1. The molecule has 3 aromatic rings. The second-order valence-corrected chi connectivity index (χ2v) is 5.77. The highest BCUT2D eigenvalue weighted by atomic mass is 16.5. The quantitative estimate of drug-likeness (QED) is 0.744. The molecule has 0 aliphatic carbocycles. The molecule has 2 N–H and O–H groups in total. The Morgan fingerprint density at radius 1 is 1.04 bits per heavy atom. The van der Waals surface area contributed by atoms with Crippen molar-refractivity contribution in [1.82, 2.24) is 0 Å². The maximum Gasteiger partial charge on any atom is 0.335 e. The molecule has 24 heavy (non-hydrogen) atoms. The summed E-state index contributed by atoms with van der Waals surface area (Å²) in [6, 6.07) is 6.34. The number of methoxy groups -OCH3 is 1. The van der Waals surface area contributed by atoms with E-state index in [1.165, 1.54) is 19.2 Å². The van der Waals surface area contributed by atoms with Gasteiger partial charge in [0, 0.05) is 5.56 Å². The van der Waals surface area contributed by atoms with Crippen molar-refractivity contribution < 1.29 is 24.2 Å². The molecule has 0 atom stereocenters. The normalized spacial score (nSPS) is 11.0. The number of fused-ring (bicyclic) bond motifs is 1. The molecule has 0 saturated heterocycles. The summed E-state index contributed by atoms with van der Waals surface area (Å²) in [5.74, 6) is 0.0598. The van der Waals surface area contributed by atoms with Crippen LogP contribution in [0.4, 0.5) is 0 Å². The fourth-order valence-electron chi connectivity index (χ4n) is 2.86. The van der Waals surface area contributed by atoms with Crippen molar-refractivity contribution in [3.63, 3.8) is 0 Å². The first-order valence-corrected chi connectivity index (χ1v) is 7.49. The van der Waals surface area contributed by atoms with Crippen LogP contribution in [0.15, 0.2) is 28.7 Å². The Kier molecular flexibility index (Phi) is 3.72. The lowest BCUT2D eigenvalue weighted by Crippen LogP contribution is -1.95. The number of hydrogen-bond donors (Lipinski definition) is 2.